The van der Waals surface area contributed by atoms with Gasteiger partial charge in [0.1, 0.15) is 5.75 Å². The third-order valence-electron chi connectivity index (χ3n) is 4.78. The van der Waals surface area contributed by atoms with E-state index in [0.717, 1.165) is 36.3 Å². The number of rotatable bonds is 5. The summed E-state index contributed by atoms with van der Waals surface area (Å²) in [5.74, 6) is 0.842. The molecule has 3 heterocycles. The Kier molecular flexibility index (Phi) is 4.65. The van der Waals surface area contributed by atoms with Crippen LogP contribution in [0.3, 0.4) is 0 Å². The molecular weight excluding hydrogens is 316 g/mol. The van der Waals surface area contributed by atoms with E-state index in [-0.39, 0.29) is 12.0 Å². The topological polar surface area (TPSA) is 51.7 Å². The molecule has 4 rings (SSSR count). The summed E-state index contributed by atoms with van der Waals surface area (Å²) in [6.07, 6.45) is 5.91. The van der Waals surface area contributed by atoms with Gasteiger partial charge in [0.15, 0.2) is 6.10 Å². The largest absolute Gasteiger partial charge is 0.480 e. The Morgan fingerprint density at radius 1 is 1.24 bits per heavy atom. The number of amides is 1. The van der Waals surface area contributed by atoms with Gasteiger partial charge in [0, 0.05) is 38.5 Å². The first-order valence-corrected chi connectivity index (χ1v) is 8.83. The molecule has 0 saturated carbocycles. The lowest BCUT2D eigenvalue weighted by Gasteiger charge is -2.27. The number of pyridine rings is 1. The van der Waals surface area contributed by atoms with E-state index in [9.17, 15) is 4.79 Å². The van der Waals surface area contributed by atoms with Gasteiger partial charge in [0.05, 0.1) is 6.10 Å². The van der Waals surface area contributed by atoms with Crippen molar-refractivity contribution in [1.29, 1.82) is 0 Å². The van der Waals surface area contributed by atoms with E-state index in [0.29, 0.717) is 19.5 Å². The highest BCUT2D eigenvalue weighted by molar-refractivity contribution is 5.82. The van der Waals surface area contributed by atoms with Gasteiger partial charge in [0.25, 0.3) is 5.91 Å². The van der Waals surface area contributed by atoms with E-state index in [4.69, 9.17) is 9.47 Å². The van der Waals surface area contributed by atoms with Gasteiger partial charge in [0.2, 0.25) is 0 Å². The highest BCUT2D eigenvalue weighted by Crippen LogP contribution is 2.29. The second-order valence-electron chi connectivity index (χ2n) is 6.63. The lowest BCUT2D eigenvalue weighted by atomic mass is 10.1. The first-order chi connectivity index (χ1) is 12.3. The number of benzene rings is 1. The van der Waals surface area contributed by atoms with Gasteiger partial charge in [-0.15, -0.1) is 0 Å². The minimum atomic E-state index is -0.449. The number of carbonyl (C=O) groups is 1. The number of para-hydroxylation sites is 1. The number of nitrogens with zero attached hydrogens (tertiary/aromatic N) is 2. The minimum absolute atomic E-state index is 0.0237. The van der Waals surface area contributed by atoms with Crippen molar-refractivity contribution in [2.75, 3.05) is 13.2 Å². The van der Waals surface area contributed by atoms with E-state index >= 15 is 0 Å². The highest BCUT2D eigenvalue weighted by Gasteiger charge is 2.33. The molecule has 130 valence electrons. The molecule has 0 radical (unpaired) electrons. The molecule has 1 amide bonds. The standard InChI is InChI=1S/C20H22N2O3/c23-20(19-11-16-6-1-2-8-18(16)25-19)22(14-17-7-4-10-24-17)13-15-5-3-9-21-12-15/h1-3,5-6,8-9,12,17,19H,4,7,10-11,13-14H2/t17-,19-/m1/s1. The monoisotopic (exact) mass is 338 g/mol. The summed E-state index contributed by atoms with van der Waals surface area (Å²) in [5.41, 5.74) is 2.11. The van der Waals surface area contributed by atoms with Crippen molar-refractivity contribution in [3.63, 3.8) is 0 Å². The Morgan fingerprint density at radius 3 is 2.92 bits per heavy atom. The van der Waals surface area contributed by atoms with Crippen LogP contribution in [0.4, 0.5) is 0 Å². The number of carbonyl (C=O) groups excluding carboxylic acids is 1. The van der Waals surface area contributed by atoms with Crippen molar-refractivity contribution >= 4 is 5.91 Å². The molecule has 25 heavy (non-hydrogen) atoms. The Bertz CT molecular complexity index is 704. The van der Waals surface area contributed by atoms with Crippen molar-refractivity contribution in [1.82, 2.24) is 9.88 Å². The van der Waals surface area contributed by atoms with Crippen LogP contribution in [-0.2, 0) is 22.5 Å². The maximum atomic E-state index is 13.1. The van der Waals surface area contributed by atoms with Crippen LogP contribution in [-0.4, -0.2) is 41.2 Å². The molecule has 2 aromatic rings. The van der Waals surface area contributed by atoms with Gasteiger partial charge in [-0.3, -0.25) is 9.78 Å². The Balaban J connectivity index is 1.49. The van der Waals surface area contributed by atoms with Crippen LogP contribution in [0.15, 0.2) is 48.8 Å². The van der Waals surface area contributed by atoms with Gasteiger partial charge in [-0.2, -0.15) is 0 Å². The predicted octanol–water partition coefficient (Wildman–Crippen LogP) is 2.59. The van der Waals surface area contributed by atoms with Gasteiger partial charge in [-0.1, -0.05) is 24.3 Å². The molecule has 0 aliphatic carbocycles. The molecule has 5 heteroatoms. The second-order valence-corrected chi connectivity index (χ2v) is 6.63. The zero-order valence-electron chi connectivity index (χ0n) is 14.1. The Labute approximate surface area is 147 Å². The molecule has 1 aromatic heterocycles. The van der Waals surface area contributed by atoms with Crippen LogP contribution in [0.2, 0.25) is 0 Å². The SMILES string of the molecule is O=C([C@H]1Cc2ccccc2O1)N(Cc1cccnc1)C[C@H]1CCCO1. The summed E-state index contributed by atoms with van der Waals surface area (Å²) in [7, 11) is 0. The lowest BCUT2D eigenvalue weighted by molar-refractivity contribution is -0.140. The summed E-state index contributed by atoms with van der Waals surface area (Å²) >= 11 is 0. The quantitative estimate of drug-likeness (QED) is 0.841. The van der Waals surface area contributed by atoms with Crippen LogP contribution in [0.1, 0.15) is 24.0 Å². The van der Waals surface area contributed by atoms with E-state index in [1.54, 1.807) is 12.4 Å². The van der Waals surface area contributed by atoms with E-state index in [1.165, 1.54) is 0 Å². The second kappa shape index (κ2) is 7.23. The summed E-state index contributed by atoms with van der Waals surface area (Å²) < 4.78 is 11.6. The zero-order valence-corrected chi connectivity index (χ0v) is 14.1. The summed E-state index contributed by atoms with van der Waals surface area (Å²) in [5, 5.41) is 0. The molecule has 1 saturated heterocycles. The smallest absolute Gasteiger partial charge is 0.264 e. The molecule has 0 N–H and O–H groups in total. The van der Waals surface area contributed by atoms with Crippen molar-refractivity contribution in [3.8, 4) is 5.75 Å². The fourth-order valence-electron chi connectivity index (χ4n) is 3.50. The Morgan fingerprint density at radius 2 is 2.16 bits per heavy atom. The normalized spacial score (nSPS) is 21.6. The highest BCUT2D eigenvalue weighted by atomic mass is 16.5. The van der Waals surface area contributed by atoms with Gasteiger partial charge >= 0.3 is 0 Å². The molecule has 1 aromatic carbocycles. The molecule has 0 bridgehead atoms. The van der Waals surface area contributed by atoms with Gasteiger partial charge in [-0.25, -0.2) is 0 Å². The van der Waals surface area contributed by atoms with Crippen molar-refractivity contribution in [2.45, 2.75) is 38.0 Å². The van der Waals surface area contributed by atoms with Crippen LogP contribution in [0.5, 0.6) is 5.75 Å². The van der Waals surface area contributed by atoms with Gasteiger partial charge in [-0.05, 0) is 36.1 Å². The van der Waals surface area contributed by atoms with Crippen molar-refractivity contribution in [2.24, 2.45) is 0 Å². The van der Waals surface area contributed by atoms with Crippen LogP contribution < -0.4 is 4.74 Å². The van der Waals surface area contributed by atoms with Crippen LogP contribution in [0, 0.1) is 0 Å². The first-order valence-electron chi connectivity index (χ1n) is 8.83. The third kappa shape index (κ3) is 3.66. The maximum absolute atomic E-state index is 13.1. The average Bonchev–Trinajstić information content (AvgIpc) is 3.30. The fraction of sp³-hybridized carbons (Fsp3) is 0.400. The first kappa shape index (κ1) is 16.1. The Hall–Kier alpha value is -2.40. The molecule has 2 aliphatic rings. The van der Waals surface area contributed by atoms with Crippen molar-refractivity contribution < 1.29 is 14.3 Å². The van der Waals surface area contributed by atoms with E-state index in [2.05, 4.69) is 4.98 Å². The third-order valence-corrected chi connectivity index (χ3v) is 4.78. The minimum Gasteiger partial charge on any atom is -0.480 e. The maximum Gasteiger partial charge on any atom is 0.264 e. The molecule has 2 aliphatic heterocycles. The van der Waals surface area contributed by atoms with Crippen molar-refractivity contribution in [3.05, 3.63) is 59.9 Å². The molecule has 2 atom stereocenters. The summed E-state index contributed by atoms with van der Waals surface area (Å²) in [6.45, 7) is 1.91. The lowest BCUT2D eigenvalue weighted by Crippen LogP contribution is -2.44. The zero-order chi connectivity index (χ0) is 17.1. The summed E-state index contributed by atoms with van der Waals surface area (Å²) in [6, 6.07) is 11.8. The van der Waals surface area contributed by atoms with Crippen LogP contribution >= 0.6 is 0 Å². The number of hydrogen-bond acceptors (Lipinski definition) is 4. The molecule has 5 nitrogen and oxygen atoms in total. The molecular formula is C20H22N2O3. The number of fused-ring (bicyclic) bond motifs is 1. The number of aromatic nitrogens is 1. The van der Waals surface area contributed by atoms with E-state index in [1.807, 2.05) is 41.3 Å². The van der Waals surface area contributed by atoms with Gasteiger partial charge < -0.3 is 14.4 Å². The molecule has 0 spiro atoms. The molecule has 1 fully saturated rings. The molecule has 0 unspecified atom stereocenters. The average molecular weight is 338 g/mol. The predicted molar refractivity (Wildman–Crippen MR) is 93.2 cm³/mol. The number of hydrogen-bond donors (Lipinski definition) is 0. The van der Waals surface area contributed by atoms with E-state index < -0.39 is 6.10 Å². The number of ether oxygens (including phenoxy) is 2. The van der Waals surface area contributed by atoms with Crippen LogP contribution in [0.25, 0.3) is 0 Å². The summed E-state index contributed by atoms with van der Waals surface area (Å²) in [4.78, 5) is 19.2. The fourth-order valence-corrected chi connectivity index (χ4v) is 3.50.